The summed E-state index contributed by atoms with van der Waals surface area (Å²) in [4.78, 5) is 10.0. The highest BCUT2D eigenvalue weighted by Crippen LogP contribution is 2.12. The van der Waals surface area contributed by atoms with Gasteiger partial charge in [0.1, 0.15) is 0 Å². The fourth-order valence-corrected chi connectivity index (χ4v) is 2.46. The number of aryl methyl sites for hydroxylation is 1. The maximum Gasteiger partial charge on any atom is 0.316 e. The smallest absolute Gasteiger partial charge is 0.316 e. The minimum atomic E-state index is 0.0856. The van der Waals surface area contributed by atoms with Gasteiger partial charge in [-0.2, -0.15) is 0 Å². The summed E-state index contributed by atoms with van der Waals surface area (Å²) in [7, 11) is 0. The number of nitrogens with one attached hydrogen (secondary N) is 1. The molecule has 0 aliphatic carbocycles. The van der Waals surface area contributed by atoms with Crippen LogP contribution in [0.5, 0.6) is 6.01 Å². The van der Waals surface area contributed by atoms with Gasteiger partial charge in [0.05, 0.1) is 6.61 Å². The van der Waals surface area contributed by atoms with Gasteiger partial charge in [-0.1, -0.05) is 6.07 Å². The molecule has 114 valence electrons. The van der Waals surface area contributed by atoms with E-state index in [1.54, 1.807) is 11.3 Å². The SMILES string of the molecule is Cc1nc(OCCc2cccs2)ncc1CNC(C)(C)C. The fourth-order valence-electron chi connectivity index (χ4n) is 1.77. The van der Waals surface area contributed by atoms with Crippen LogP contribution in [0, 0.1) is 6.92 Å². The molecule has 0 amide bonds. The van der Waals surface area contributed by atoms with Crippen molar-refractivity contribution >= 4 is 11.3 Å². The third kappa shape index (κ3) is 5.44. The maximum atomic E-state index is 5.62. The van der Waals surface area contributed by atoms with E-state index in [0.717, 1.165) is 24.2 Å². The van der Waals surface area contributed by atoms with Crippen molar-refractivity contribution in [2.75, 3.05) is 6.61 Å². The van der Waals surface area contributed by atoms with Crippen molar-refractivity contribution in [3.63, 3.8) is 0 Å². The highest BCUT2D eigenvalue weighted by atomic mass is 32.1. The lowest BCUT2D eigenvalue weighted by molar-refractivity contribution is 0.296. The van der Waals surface area contributed by atoms with Crippen molar-refractivity contribution in [2.45, 2.75) is 46.2 Å². The van der Waals surface area contributed by atoms with E-state index >= 15 is 0 Å². The van der Waals surface area contributed by atoms with Gasteiger partial charge >= 0.3 is 6.01 Å². The van der Waals surface area contributed by atoms with Gasteiger partial charge in [-0.3, -0.25) is 0 Å². The summed E-state index contributed by atoms with van der Waals surface area (Å²) >= 11 is 1.74. The van der Waals surface area contributed by atoms with Gasteiger partial charge in [0.15, 0.2) is 0 Å². The van der Waals surface area contributed by atoms with Crippen molar-refractivity contribution in [1.82, 2.24) is 15.3 Å². The number of aromatic nitrogens is 2. The predicted molar refractivity (Wildman–Crippen MR) is 86.9 cm³/mol. The molecule has 4 nitrogen and oxygen atoms in total. The molecule has 0 aliphatic heterocycles. The van der Waals surface area contributed by atoms with E-state index in [2.05, 4.69) is 53.6 Å². The van der Waals surface area contributed by atoms with E-state index < -0.39 is 0 Å². The molecule has 0 atom stereocenters. The largest absolute Gasteiger partial charge is 0.463 e. The Balaban J connectivity index is 1.86. The molecule has 0 bridgehead atoms. The molecule has 2 rings (SSSR count). The van der Waals surface area contributed by atoms with Gasteiger partial charge in [0.2, 0.25) is 0 Å². The van der Waals surface area contributed by atoms with E-state index in [0.29, 0.717) is 12.6 Å². The summed E-state index contributed by atoms with van der Waals surface area (Å²) in [5.74, 6) is 0. The van der Waals surface area contributed by atoms with Crippen LogP contribution in [0.25, 0.3) is 0 Å². The Morgan fingerprint density at radius 2 is 2.14 bits per heavy atom. The van der Waals surface area contributed by atoms with Crippen LogP contribution in [0.1, 0.15) is 36.9 Å². The quantitative estimate of drug-likeness (QED) is 0.889. The van der Waals surface area contributed by atoms with Crippen molar-refractivity contribution in [1.29, 1.82) is 0 Å². The normalized spacial score (nSPS) is 11.6. The molecule has 21 heavy (non-hydrogen) atoms. The van der Waals surface area contributed by atoms with Crippen molar-refractivity contribution < 1.29 is 4.74 Å². The van der Waals surface area contributed by atoms with Gasteiger partial charge < -0.3 is 10.1 Å². The number of hydrogen-bond donors (Lipinski definition) is 1. The van der Waals surface area contributed by atoms with E-state index in [1.807, 2.05) is 13.1 Å². The molecule has 1 N–H and O–H groups in total. The second-order valence-electron chi connectivity index (χ2n) is 6.04. The number of ether oxygens (including phenoxy) is 1. The molecule has 0 spiro atoms. The summed E-state index contributed by atoms with van der Waals surface area (Å²) in [5.41, 5.74) is 2.16. The Kier molecular flexibility index (Phi) is 5.31. The zero-order chi connectivity index (χ0) is 15.3. The lowest BCUT2D eigenvalue weighted by atomic mass is 10.1. The lowest BCUT2D eigenvalue weighted by Gasteiger charge is -2.20. The van der Waals surface area contributed by atoms with Crippen LogP contribution in [-0.4, -0.2) is 22.1 Å². The molecule has 0 radical (unpaired) electrons. The second kappa shape index (κ2) is 7.00. The van der Waals surface area contributed by atoms with E-state index in [-0.39, 0.29) is 5.54 Å². The monoisotopic (exact) mass is 305 g/mol. The lowest BCUT2D eigenvalue weighted by Crippen LogP contribution is -2.35. The molecule has 0 saturated heterocycles. The highest BCUT2D eigenvalue weighted by molar-refractivity contribution is 7.09. The average Bonchev–Trinajstić information content (AvgIpc) is 2.90. The minimum Gasteiger partial charge on any atom is -0.463 e. The summed E-state index contributed by atoms with van der Waals surface area (Å²) in [5, 5.41) is 5.52. The van der Waals surface area contributed by atoms with E-state index in [4.69, 9.17) is 4.74 Å². The second-order valence-corrected chi connectivity index (χ2v) is 7.08. The molecular formula is C16H23N3OS. The van der Waals surface area contributed by atoms with Gasteiger partial charge in [0, 0.05) is 40.8 Å². The van der Waals surface area contributed by atoms with Crippen LogP contribution < -0.4 is 10.1 Å². The van der Waals surface area contributed by atoms with Crippen LogP contribution in [0.3, 0.4) is 0 Å². The number of nitrogens with zero attached hydrogens (tertiary/aromatic N) is 2. The summed E-state index contributed by atoms with van der Waals surface area (Å²) in [6.45, 7) is 9.81. The number of rotatable bonds is 6. The molecule has 0 fully saturated rings. The molecular weight excluding hydrogens is 282 g/mol. The molecule has 0 saturated carbocycles. The molecule has 0 aliphatic rings. The van der Waals surface area contributed by atoms with Gasteiger partial charge in [-0.05, 0) is 39.1 Å². The minimum absolute atomic E-state index is 0.0856. The predicted octanol–water partition coefficient (Wildman–Crippen LogP) is 3.36. The zero-order valence-corrected chi connectivity index (χ0v) is 14.0. The van der Waals surface area contributed by atoms with Gasteiger partial charge in [-0.15, -0.1) is 11.3 Å². The molecule has 0 aromatic carbocycles. The first-order valence-corrected chi connectivity index (χ1v) is 8.05. The third-order valence-corrected chi connectivity index (χ3v) is 3.96. The standard InChI is InChI=1S/C16H23N3OS/c1-12-13(11-18-16(2,3)4)10-17-15(19-12)20-8-7-14-6-5-9-21-14/h5-6,9-10,18H,7-8,11H2,1-4H3. The third-order valence-electron chi connectivity index (χ3n) is 3.03. The Hall–Kier alpha value is -1.46. The van der Waals surface area contributed by atoms with E-state index in [9.17, 15) is 0 Å². The average molecular weight is 305 g/mol. The summed E-state index contributed by atoms with van der Waals surface area (Å²) in [6.07, 6.45) is 2.74. The Morgan fingerprint density at radius 1 is 1.33 bits per heavy atom. The number of hydrogen-bond acceptors (Lipinski definition) is 5. The first kappa shape index (κ1) is 15.9. The Bertz CT molecular complexity index is 561. The molecule has 0 unspecified atom stereocenters. The van der Waals surface area contributed by atoms with Gasteiger partial charge in [-0.25, -0.2) is 9.97 Å². The summed E-state index contributed by atoms with van der Waals surface area (Å²) in [6, 6.07) is 4.63. The molecule has 2 aromatic rings. The van der Waals surface area contributed by atoms with Crippen molar-refractivity contribution in [3.05, 3.63) is 39.8 Å². The van der Waals surface area contributed by atoms with Crippen LogP contribution in [-0.2, 0) is 13.0 Å². The Labute approximate surface area is 130 Å². The van der Waals surface area contributed by atoms with Crippen LogP contribution >= 0.6 is 11.3 Å². The van der Waals surface area contributed by atoms with Gasteiger partial charge in [0.25, 0.3) is 0 Å². The molecule has 2 heterocycles. The van der Waals surface area contributed by atoms with Crippen molar-refractivity contribution in [3.8, 4) is 6.01 Å². The van der Waals surface area contributed by atoms with Crippen molar-refractivity contribution in [2.24, 2.45) is 0 Å². The zero-order valence-electron chi connectivity index (χ0n) is 13.1. The maximum absolute atomic E-state index is 5.62. The van der Waals surface area contributed by atoms with Crippen LogP contribution in [0.2, 0.25) is 0 Å². The highest BCUT2D eigenvalue weighted by Gasteiger charge is 2.11. The first-order valence-electron chi connectivity index (χ1n) is 7.17. The molecule has 2 aromatic heterocycles. The van der Waals surface area contributed by atoms with Crippen LogP contribution in [0.15, 0.2) is 23.7 Å². The fraction of sp³-hybridized carbons (Fsp3) is 0.500. The van der Waals surface area contributed by atoms with Crippen LogP contribution in [0.4, 0.5) is 0 Å². The topological polar surface area (TPSA) is 47.0 Å². The molecule has 5 heteroatoms. The summed E-state index contributed by atoms with van der Waals surface area (Å²) < 4.78 is 5.62. The number of thiophene rings is 1. The first-order chi connectivity index (χ1) is 9.94. The Morgan fingerprint density at radius 3 is 2.76 bits per heavy atom. The van der Waals surface area contributed by atoms with E-state index in [1.165, 1.54) is 4.88 Å².